The van der Waals surface area contributed by atoms with Crippen molar-refractivity contribution in [1.82, 2.24) is 20.2 Å². The van der Waals surface area contributed by atoms with Crippen molar-refractivity contribution < 1.29 is 4.79 Å². The van der Waals surface area contributed by atoms with Crippen LogP contribution in [0.2, 0.25) is 0 Å². The summed E-state index contributed by atoms with van der Waals surface area (Å²) in [4.78, 5) is 20.2. The molecular weight excluding hydrogens is 254 g/mol. The molecule has 1 aromatic rings. The zero-order chi connectivity index (χ0) is 15.0. The van der Waals surface area contributed by atoms with Crippen LogP contribution in [0.1, 0.15) is 29.4 Å². The van der Waals surface area contributed by atoms with Gasteiger partial charge in [-0.15, -0.1) is 0 Å². The number of carbonyl (C=O) groups excluding carboxylic acids is 1. The molecule has 3 N–H and O–H groups in total. The normalized spacial score (nSPS) is 11.1. The van der Waals surface area contributed by atoms with Gasteiger partial charge in [0.25, 0.3) is 5.91 Å². The second-order valence-corrected chi connectivity index (χ2v) is 5.09. The molecule has 1 rings (SSSR count). The first kappa shape index (κ1) is 16.6. The Morgan fingerprint density at radius 3 is 2.55 bits per heavy atom. The van der Waals surface area contributed by atoms with Gasteiger partial charge in [0.05, 0.1) is 11.3 Å². The lowest BCUT2D eigenvalue weighted by atomic mass is 10.2. The number of nitrogen functional groups attached to an aromatic ring is 1. The molecule has 0 saturated carbocycles. The van der Waals surface area contributed by atoms with Crippen LogP contribution in [0.5, 0.6) is 0 Å². The molecule has 0 spiro atoms. The number of carbonyl (C=O) groups is 1. The number of hydrazine groups is 1. The average molecular weight is 279 g/mol. The van der Waals surface area contributed by atoms with E-state index in [9.17, 15) is 4.79 Å². The third kappa shape index (κ3) is 5.64. The van der Waals surface area contributed by atoms with Gasteiger partial charge in [0.1, 0.15) is 0 Å². The van der Waals surface area contributed by atoms with Gasteiger partial charge in [-0.3, -0.25) is 20.1 Å². The lowest BCUT2D eigenvalue weighted by Gasteiger charge is -2.23. The van der Waals surface area contributed by atoms with Gasteiger partial charge in [-0.25, -0.2) is 5.84 Å². The molecular formula is C14H25N5O. The Kier molecular flexibility index (Phi) is 7.14. The van der Waals surface area contributed by atoms with Crippen molar-refractivity contribution >= 4 is 5.91 Å². The number of pyridine rings is 1. The summed E-state index contributed by atoms with van der Waals surface area (Å²) in [6.45, 7) is 6.04. The van der Waals surface area contributed by atoms with E-state index in [4.69, 9.17) is 5.84 Å². The molecule has 0 radical (unpaired) electrons. The second kappa shape index (κ2) is 8.63. The number of nitrogens with zero attached hydrogens (tertiary/aromatic N) is 3. The fraction of sp³-hybridized carbons (Fsp3) is 0.571. The fourth-order valence-corrected chi connectivity index (χ4v) is 1.89. The van der Waals surface area contributed by atoms with E-state index in [-0.39, 0.29) is 5.91 Å². The van der Waals surface area contributed by atoms with Crippen molar-refractivity contribution in [3.8, 4) is 0 Å². The summed E-state index contributed by atoms with van der Waals surface area (Å²) in [7, 11) is 4.14. The summed E-state index contributed by atoms with van der Waals surface area (Å²) in [6.07, 6.45) is 2.68. The Morgan fingerprint density at radius 2 is 2.05 bits per heavy atom. The molecule has 0 bridgehead atoms. The first-order valence-electron chi connectivity index (χ1n) is 6.89. The molecule has 1 amide bonds. The molecule has 0 aliphatic carbocycles. The molecule has 6 nitrogen and oxygen atoms in total. The number of hydrogen-bond acceptors (Lipinski definition) is 5. The molecule has 6 heteroatoms. The first-order chi connectivity index (χ1) is 9.56. The van der Waals surface area contributed by atoms with E-state index in [1.807, 2.05) is 6.07 Å². The Hall–Kier alpha value is -1.50. The molecule has 0 fully saturated rings. The summed E-state index contributed by atoms with van der Waals surface area (Å²) in [5.74, 6) is 4.77. The van der Waals surface area contributed by atoms with Crippen molar-refractivity contribution in [3.05, 3.63) is 29.6 Å². The molecule has 1 heterocycles. The predicted octanol–water partition coefficient (Wildman–Crippen LogP) is 0.459. The van der Waals surface area contributed by atoms with Crippen LogP contribution in [0.3, 0.4) is 0 Å². The van der Waals surface area contributed by atoms with Crippen molar-refractivity contribution in [3.63, 3.8) is 0 Å². The Bertz CT molecular complexity index is 405. The zero-order valence-electron chi connectivity index (χ0n) is 12.6. The highest BCUT2D eigenvalue weighted by Crippen LogP contribution is 2.05. The van der Waals surface area contributed by atoms with Crippen LogP contribution in [0.25, 0.3) is 0 Å². The van der Waals surface area contributed by atoms with Crippen LogP contribution in [0.15, 0.2) is 18.3 Å². The Morgan fingerprint density at radius 1 is 1.30 bits per heavy atom. The maximum atomic E-state index is 11.3. The van der Waals surface area contributed by atoms with E-state index in [1.165, 1.54) is 0 Å². The minimum absolute atomic E-state index is 0.318. The van der Waals surface area contributed by atoms with E-state index in [0.29, 0.717) is 5.56 Å². The van der Waals surface area contributed by atoms with Crippen LogP contribution in [0, 0.1) is 0 Å². The van der Waals surface area contributed by atoms with E-state index in [1.54, 1.807) is 12.3 Å². The van der Waals surface area contributed by atoms with Crippen molar-refractivity contribution in [2.45, 2.75) is 19.9 Å². The second-order valence-electron chi connectivity index (χ2n) is 5.09. The van der Waals surface area contributed by atoms with Gasteiger partial charge in [0.2, 0.25) is 0 Å². The highest BCUT2D eigenvalue weighted by atomic mass is 16.2. The Balaban J connectivity index is 2.61. The van der Waals surface area contributed by atoms with Crippen molar-refractivity contribution in [2.24, 2.45) is 5.84 Å². The standard InChI is InChI=1S/C14H25N5O/c1-4-7-19(9-8-18(2)3)11-13-6-5-12(10-16-13)14(20)17-15/h5-6,10H,4,7-9,11,15H2,1-3H3,(H,17,20). The van der Waals surface area contributed by atoms with Crippen molar-refractivity contribution in [1.29, 1.82) is 0 Å². The van der Waals surface area contributed by atoms with Gasteiger partial charge in [0, 0.05) is 25.8 Å². The van der Waals surface area contributed by atoms with Crippen LogP contribution >= 0.6 is 0 Å². The summed E-state index contributed by atoms with van der Waals surface area (Å²) < 4.78 is 0. The van der Waals surface area contributed by atoms with Crippen LogP contribution in [0.4, 0.5) is 0 Å². The number of amides is 1. The molecule has 0 aliphatic heterocycles. The lowest BCUT2D eigenvalue weighted by molar-refractivity contribution is 0.0953. The minimum Gasteiger partial charge on any atom is -0.308 e. The number of nitrogens with two attached hydrogens (primary N) is 1. The van der Waals surface area contributed by atoms with Gasteiger partial charge in [-0.05, 0) is 39.2 Å². The lowest BCUT2D eigenvalue weighted by Crippen LogP contribution is -2.32. The quantitative estimate of drug-likeness (QED) is 0.411. The predicted molar refractivity (Wildman–Crippen MR) is 80.0 cm³/mol. The zero-order valence-corrected chi connectivity index (χ0v) is 12.6. The maximum Gasteiger partial charge on any atom is 0.266 e. The summed E-state index contributed by atoms with van der Waals surface area (Å²) in [5, 5.41) is 0. The largest absolute Gasteiger partial charge is 0.308 e. The van der Waals surface area contributed by atoms with Crippen LogP contribution in [-0.2, 0) is 6.54 Å². The summed E-state index contributed by atoms with van der Waals surface area (Å²) >= 11 is 0. The average Bonchev–Trinajstić information content (AvgIpc) is 2.45. The Labute approximate surface area is 120 Å². The maximum absolute atomic E-state index is 11.3. The highest BCUT2D eigenvalue weighted by Gasteiger charge is 2.08. The van der Waals surface area contributed by atoms with Gasteiger partial charge in [0.15, 0.2) is 0 Å². The number of rotatable bonds is 8. The summed E-state index contributed by atoms with van der Waals surface area (Å²) in [5.41, 5.74) is 3.54. The van der Waals surface area contributed by atoms with E-state index >= 15 is 0 Å². The van der Waals surface area contributed by atoms with Gasteiger partial charge in [-0.2, -0.15) is 0 Å². The third-order valence-corrected chi connectivity index (χ3v) is 3.01. The third-order valence-electron chi connectivity index (χ3n) is 3.01. The smallest absolute Gasteiger partial charge is 0.266 e. The molecule has 0 atom stereocenters. The number of aromatic nitrogens is 1. The molecule has 112 valence electrons. The number of nitrogens with one attached hydrogen (secondary N) is 1. The van der Waals surface area contributed by atoms with Crippen LogP contribution < -0.4 is 11.3 Å². The first-order valence-corrected chi connectivity index (χ1v) is 6.89. The summed E-state index contributed by atoms with van der Waals surface area (Å²) in [6, 6.07) is 3.63. The van der Waals surface area contributed by atoms with Gasteiger partial charge in [-0.1, -0.05) is 6.92 Å². The number of hydrogen-bond donors (Lipinski definition) is 2. The molecule has 0 aromatic carbocycles. The minimum atomic E-state index is -0.318. The van der Waals surface area contributed by atoms with Gasteiger partial charge >= 0.3 is 0 Å². The van der Waals surface area contributed by atoms with Crippen LogP contribution in [-0.4, -0.2) is 54.4 Å². The van der Waals surface area contributed by atoms with E-state index in [2.05, 4.69) is 41.2 Å². The SMILES string of the molecule is CCCN(CCN(C)C)Cc1ccc(C(=O)NN)cn1. The molecule has 0 unspecified atom stereocenters. The van der Waals surface area contributed by atoms with Gasteiger partial charge < -0.3 is 4.90 Å². The van der Waals surface area contributed by atoms with E-state index < -0.39 is 0 Å². The molecule has 1 aromatic heterocycles. The fourth-order valence-electron chi connectivity index (χ4n) is 1.89. The number of likely N-dealkylation sites (N-methyl/N-ethyl adjacent to an activating group) is 1. The topological polar surface area (TPSA) is 74.5 Å². The molecule has 0 aliphatic rings. The van der Waals surface area contributed by atoms with Crippen molar-refractivity contribution in [2.75, 3.05) is 33.7 Å². The highest BCUT2D eigenvalue weighted by molar-refractivity contribution is 5.93. The molecule has 0 saturated heterocycles. The molecule has 20 heavy (non-hydrogen) atoms. The monoisotopic (exact) mass is 279 g/mol. The van der Waals surface area contributed by atoms with E-state index in [0.717, 1.165) is 38.3 Å².